The number of methoxy groups -OCH3 is 1. The Morgan fingerprint density at radius 3 is 2.50 bits per heavy atom. The molecule has 0 saturated carbocycles. The molecule has 0 atom stereocenters. The Morgan fingerprint density at radius 1 is 1.17 bits per heavy atom. The zero-order valence-corrected chi connectivity index (χ0v) is 10.3. The molecule has 1 aromatic carbocycles. The molecule has 1 aromatic heterocycles. The predicted octanol–water partition coefficient (Wildman–Crippen LogP) is 2.08. The summed E-state index contributed by atoms with van der Waals surface area (Å²) < 4.78 is 10.7. The van der Waals surface area contributed by atoms with Gasteiger partial charge in [0.1, 0.15) is 0 Å². The summed E-state index contributed by atoms with van der Waals surface area (Å²) in [6.07, 6.45) is 3.35. The molecule has 5 nitrogen and oxygen atoms in total. The number of aliphatic hydroxyl groups is 1. The number of ether oxygens (including phenoxy) is 2. The van der Waals surface area contributed by atoms with Crippen LogP contribution in [0.3, 0.4) is 0 Å². The molecule has 2 rings (SSSR count). The van der Waals surface area contributed by atoms with Gasteiger partial charge in [0.25, 0.3) is 0 Å². The van der Waals surface area contributed by atoms with Gasteiger partial charge in [-0.25, -0.2) is 9.97 Å². The van der Waals surface area contributed by atoms with Crippen LogP contribution in [0.5, 0.6) is 17.5 Å². The number of hydrogen-bond acceptors (Lipinski definition) is 5. The van der Waals surface area contributed by atoms with Crippen molar-refractivity contribution in [2.45, 2.75) is 13.5 Å². The average molecular weight is 246 g/mol. The van der Waals surface area contributed by atoms with Crippen molar-refractivity contribution >= 4 is 0 Å². The first-order valence-corrected chi connectivity index (χ1v) is 5.47. The third-order valence-electron chi connectivity index (χ3n) is 2.37. The highest BCUT2D eigenvalue weighted by Gasteiger charge is 2.08. The first kappa shape index (κ1) is 12.3. The van der Waals surface area contributed by atoms with Crippen LogP contribution in [0.4, 0.5) is 0 Å². The summed E-state index contributed by atoms with van der Waals surface area (Å²) in [6.45, 7) is 1.86. The quantitative estimate of drug-likeness (QED) is 0.894. The van der Waals surface area contributed by atoms with Crippen LogP contribution in [0.15, 0.2) is 30.6 Å². The Labute approximate surface area is 105 Å². The summed E-state index contributed by atoms with van der Waals surface area (Å²) in [5.41, 5.74) is 1.72. The second-order valence-corrected chi connectivity index (χ2v) is 3.79. The highest BCUT2D eigenvalue weighted by Crippen LogP contribution is 2.30. The van der Waals surface area contributed by atoms with E-state index in [1.54, 1.807) is 37.7 Å². The number of nitrogens with zero attached hydrogens (tertiary/aromatic N) is 2. The topological polar surface area (TPSA) is 64.5 Å². The first-order valence-electron chi connectivity index (χ1n) is 5.47. The Bertz CT molecular complexity index is 526. The highest BCUT2D eigenvalue weighted by molar-refractivity contribution is 5.43. The van der Waals surface area contributed by atoms with Crippen molar-refractivity contribution in [3.8, 4) is 17.5 Å². The van der Waals surface area contributed by atoms with Gasteiger partial charge in [-0.2, -0.15) is 0 Å². The third-order valence-corrected chi connectivity index (χ3v) is 2.37. The Morgan fingerprint density at radius 2 is 1.89 bits per heavy atom. The van der Waals surface area contributed by atoms with E-state index in [2.05, 4.69) is 9.97 Å². The minimum atomic E-state index is -0.0440. The lowest BCUT2D eigenvalue weighted by atomic mass is 10.2. The van der Waals surface area contributed by atoms with Crippen LogP contribution in [0.1, 0.15) is 11.1 Å². The molecule has 0 radical (unpaired) electrons. The lowest BCUT2D eigenvalue weighted by Crippen LogP contribution is -1.95. The van der Waals surface area contributed by atoms with Gasteiger partial charge in [-0.3, -0.25) is 0 Å². The number of rotatable bonds is 4. The lowest BCUT2D eigenvalue weighted by molar-refractivity contribution is 0.280. The molecule has 1 heterocycles. The molecule has 2 aromatic rings. The van der Waals surface area contributed by atoms with Crippen LogP contribution < -0.4 is 9.47 Å². The average Bonchev–Trinajstić information content (AvgIpc) is 2.41. The van der Waals surface area contributed by atoms with Crippen LogP contribution in [-0.2, 0) is 6.61 Å². The van der Waals surface area contributed by atoms with Crippen molar-refractivity contribution in [2.24, 2.45) is 0 Å². The summed E-state index contributed by atoms with van der Waals surface area (Å²) in [4.78, 5) is 8.11. The maximum Gasteiger partial charge on any atom is 0.322 e. The summed E-state index contributed by atoms with van der Waals surface area (Å²) >= 11 is 0. The van der Waals surface area contributed by atoms with Crippen molar-refractivity contribution in [2.75, 3.05) is 7.11 Å². The van der Waals surface area contributed by atoms with E-state index in [9.17, 15) is 0 Å². The van der Waals surface area contributed by atoms with Crippen molar-refractivity contribution in [3.63, 3.8) is 0 Å². The Kier molecular flexibility index (Phi) is 3.74. The molecule has 1 N–H and O–H groups in total. The zero-order valence-electron chi connectivity index (χ0n) is 10.3. The third kappa shape index (κ3) is 2.75. The van der Waals surface area contributed by atoms with E-state index < -0.39 is 0 Å². The summed E-state index contributed by atoms with van der Waals surface area (Å²) in [7, 11) is 1.54. The van der Waals surface area contributed by atoms with Crippen LogP contribution in [0, 0.1) is 6.92 Å². The van der Waals surface area contributed by atoms with Gasteiger partial charge in [0.15, 0.2) is 11.5 Å². The second-order valence-electron chi connectivity index (χ2n) is 3.79. The van der Waals surface area contributed by atoms with E-state index in [0.29, 0.717) is 11.5 Å². The first-order chi connectivity index (χ1) is 8.72. The minimum absolute atomic E-state index is 0.0440. The number of aryl methyl sites for hydroxylation is 1. The van der Waals surface area contributed by atoms with Crippen molar-refractivity contribution in [3.05, 3.63) is 41.7 Å². The van der Waals surface area contributed by atoms with Gasteiger partial charge < -0.3 is 14.6 Å². The largest absolute Gasteiger partial charge is 0.493 e. The van der Waals surface area contributed by atoms with Crippen molar-refractivity contribution in [1.82, 2.24) is 9.97 Å². The molecule has 0 bridgehead atoms. The van der Waals surface area contributed by atoms with Crippen LogP contribution in [-0.4, -0.2) is 22.2 Å². The fraction of sp³-hybridized carbons (Fsp3) is 0.231. The summed E-state index contributed by atoms with van der Waals surface area (Å²) in [5.74, 6) is 1.05. The monoisotopic (exact) mass is 246 g/mol. The van der Waals surface area contributed by atoms with Crippen molar-refractivity contribution in [1.29, 1.82) is 0 Å². The van der Waals surface area contributed by atoms with Crippen LogP contribution in [0.2, 0.25) is 0 Å². The summed E-state index contributed by atoms with van der Waals surface area (Å²) in [5, 5.41) is 9.05. The standard InChI is InChI=1S/C13H14N2O3/c1-9-6-14-13(15-7-9)18-11-4-3-10(8-16)5-12(11)17-2/h3-7,16H,8H2,1-2H3. The Hall–Kier alpha value is -2.14. The molecule has 5 heteroatoms. The molecule has 0 aliphatic rings. The number of aromatic nitrogens is 2. The van der Waals surface area contributed by atoms with Gasteiger partial charge in [-0.1, -0.05) is 6.07 Å². The van der Waals surface area contributed by atoms with Gasteiger partial charge in [0, 0.05) is 12.4 Å². The fourth-order valence-corrected chi connectivity index (χ4v) is 1.43. The SMILES string of the molecule is COc1cc(CO)ccc1Oc1ncc(C)cn1. The Balaban J connectivity index is 2.25. The minimum Gasteiger partial charge on any atom is -0.493 e. The van der Waals surface area contributed by atoms with E-state index >= 15 is 0 Å². The molecule has 0 amide bonds. The van der Waals surface area contributed by atoms with Gasteiger partial charge in [-0.05, 0) is 30.2 Å². The van der Waals surface area contributed by atoms with Crippen LogP contribution in [0.25, 0.3) is 0 Å². The highest BCUT2D eigenvalue weighted by atomic mass is 16.5. The summed E-state index contributed by atoms with van der Waals surface area (Å²) in [6, 6.07) is 5.44. The van der Waals surface area contributed by atoms with Crippen molar-refractivity contribution < 1.29 is 14.6 Å². The van der Waals surface area contributed by atoms with E-state index in [4.69, 9.17) is 14.6 Å². The number of benzene rings is 1. The van der Waals surface area contributed by atoms with E-state index in [1.165, 1.54) is 0 Å². The normalized spacial score (nSPS) is 10.2. The van der Waals surface area contributed by atoms with Crippen LogP contribution >= 0.6 is 0 Å². The van der Waals surface area contributed by atoms with E-state index in [-0.39, 0.29) is 12.6 Å². The smallest absolute Gasteiger partial charge is 0.322 e. The molecule has 94 valence electrons. The number of hydrogen-bond donors (Lipinski definition) is 1. The lowest BCUT2D eigenvalue weighted by Gasteiger charge is -2.09. The molecule has 18 heavy (non-hydrogen) atoms. The molecule has 0 aliphatic carbocycles. The molecule has 0 saturated heterocycles. The van der Waals surface area contributed by atoms with Gasteiger partial charge in [0.2, 0.25) is 0 Å². The zero-order chi connectivity index (χ0) is 13.0. The van der Waals surface area contributed by atoms with E-state index in [0.717, 1.165) is 11.1 Å². The number of aliphatic hydroxyl groups excluding tert-OH is 1. The second kappa shape index (κ2) is 5.46. The maximum atomic E-state index is 9.05. The molecule has 0 fully saturated rings. The molecule has 0 spiro atoms. The predicted molar refractivity (Wildman–Crippen MR) is 65.8 cm³/mol. The molecule has 0 unspecified atom stereocenters. The van der Waals surface area contributed by atoms with E-state index in [1.807, 2.05) is 6.92 Å². The van der Waals surface area contributed by atoms with Gasteiger partial charge in [0.05, 0.1) is 13.7 Å². The maximum absolute atomic E-state index is 9.05. The molecular formula is C13H14N2O3. The molecular weight excluding hydrogens is 232 g/mol. The molecule has 0 aliphatic heterocycles. The van der Waals surface area contributed by atoms with Gasteiger partial charge in [-0.15, -0.1) is 0 Å². The van der Waals surface area contributed by atoms with Gasteiger partial charge >= 0.3 is 6.01 Å². The fourth-order valence-electron chi connectivity index (χ4n) is 1.43.